The van der Waals surface area contributed by atoms with Crippen molar-refractivity contribution in [3.05, 3.63) is 34.4 Å². The van der Waals surface area contributed by atoms with Crippen molar-refractivity contribution >= 4 is 58.2 Å². The van der Waals surface area contributed by atoms with Gasteiger partial charge < -0.3 is 10.2 Å². The summed E-state index contributed by atoms with van der Waals surface area (Å²) < 4.78 is 4.14. The van der Waals surface area contributed by atoms with Crippen molar-refractivity contribution in [2.45, 2.75) is 0 Å². The summed E-state index contributed by atoms with van der Waals surface area (Å²) in [7, 11) is 0. The van der Waals surface area contributed by atoms with Gasteiger partial charge in [0, 0.05) is 35.2 Å². The Morgan fingerprint density at radius 3 is 2.68 bits per heavy atom. The molecule has 0 unspecified atom stereocenters. The van der Waals surface area contributed by atoms with E-state index in [0.29, 0.717) is 15.9 Å². The number of halogens is 2. The fraction of sp³-hybridized carbons (Fsp3) is 0.286. The first kappa shape index (κ1) is 15.9. The zero-order valence-electron chi connectivity index (χ0n) is 11.5. The molecule has 0 atom stereocenters. The van der Waals surface area contributed by atoms with E-state index in [2.05, 4.69) is 9.69 Å². The maximum absolute atomic E-state index is 12.4. The lowest BCUT2D eigenvalue weighted by molar-refractivity contribution is 0.217. The summed E-state index contributed by atoms with van der Waals surface area (Å²) in [5.41, 5.74) is 1.35. The van der Waals surface area contributed by atoms with Crippen molar-refractivity contribution in [3.63, 3.8) is 0 Å². The minimum Gasteiger partial charge on any atom is -0.323 e. The Morgan fingerprint density at radius 1 is 1.23 bits per heavy atom. The molecule has 116 valence electrons. The second kappa shape index (κ2) is 7.08. The molecule has 22 heavy (non-hydrogen) atoms. The van der Waals surface area contributed by atoms with Gasteiger partial charge in [0.2, 0.25) is 0 Å². The fourth-order valence-corrected chi connectivity index (χ4v) is 4.43. The predicted molar refractivity (Wildman–Crippen MR) is 95.5 cm³/mol. The third-order valence-electron chi connectivity index (χ3n) is 3.30. The number of urea groups is 1. The van der Waals surface area contributed by atoms with E-state index in [0.717, 1.165) is 35.0 Å². The zero-order valence-corrected chi connectivity index (χ0v) is 14.7. The summed E-state index contributed by atoms with van der Waals surface area (Å²) in [6.45, 7) is 1.49. The van der Waals surface area contributed by atoms with Gasteiger partial charge in [-0.3, -0.25) is 0 Å². The largest absolute Gasteiger partial charge is 0.323 e. The highest BCUT2D eigenvalue weighted by Crippen LogP contribution is 2.40. The third kappa shape index (κ3) is 3.35. The zero-order chi connectivity index (χ0) is 15.5. The quantitative estimate of drug-likeness (QED) is 0.829. The summed E-state index contributed by atoms with van der Waals surface area (Å²) >= 11 is 15.5. The van der Waals surface area contributed by atoms with Gasteiger partial charge in [-0.2, -0.15) is 16.1 Å². The van der Waals surface area contributed by atoms with Crippen LogP contribution in [0.25, 0.3) is 10.4 Å². The molecule has 1 aliphatic rings. The molecular formula is C14H13Cl2N3OS2. The first-order valence-electron chi connectivity index (χ1n) is 6.70. The summed E-state index contributed by atoms with van der Waals surface area (Å²) in [6, 6.07) is 7.30. The second-order valence-electron chi connectivity index (χ2n) is 4.69. The van der Waals surface area contributed by atoms with Crippen LogP contribution in [0.3, 0.4) is 0 Å². The average molecular weight is 374 g/mol. The van der Waals surface area contributed by atoms with Gasteiger partial charge in [-0.05, 0) is 17.6 Å². The number of hydrogen-bond acceptors (Lipinski definition) is 4. The van der Waals surface area contributed by atoms with Gasteiger partial charge in [-0.1, -0.05) is 41.4 Å². The first-order valence-corrected chi connectivity index (χ1v) is 9.39. The van der Waals surface area contributed by atoms with Crippen molar-refractivity contribution < 1.29 is 4.79 Å². The smallest absolute Gasteiger partial charge is 0.322 e. The van der Waals surface area contributed by atoms with E-state index in [4.69, 9.17) is 23.2 Å². The highest BCUT2D eigenvalue weighted by atomic mass is 35.5. The van der Waals surface area contributed by atoms with Crippen molar-refractivity contribution in [2.24, 2.45) is 0 Å². The van der Waals surface area contributed by atoms with Crippen molar-refractivity contribution in [1.82, 2.24) is 9.27 Å². The molecule has 0 radical (unpaired) electrons. The molecule has 1 aromatic carbocycles. The van der Waals surface area contributed by atoms with Gasteiger partial charge in [0.15, 0.2) is 5.15 Å². The molecule has 8 heteroatoms. The molecule has 2 aromatic rings. The van der Waals surface area contributed by atoms with Crippen LogP contribution in [0, 0.1) is 0 Å². The molecule has 0 spiro atoms. The Morgan fingerprint density at radius 2 is 1.95 bits per heavy atom. The van der Waals surface area contributed by atoms with Gasteiger partial charge in [0.05, 0.1) is 4.88 Å². The molecule has 0 aliphatic carbocycles. The number of carbonyl (C=O) groups excluding carboxylic acids is 1. The average Bonchev–Trinajstić information content (AvgIpc) is 2.90. The van der Waals surface area contributed by atoms with Gasteiger partial charge in [0.1, 0.15) is 5.69 Å². The number of amides is 2. The Hall–Kier alpha value is -0.950. The van der Waals surface area contributed by atoms with Crippen molar-refractivity contribution in [3.8, 4) is 10.4 Å². The molecule has 1 fully saturated rings. The minimum atomic E-state index is -0.143. The number of carbonyl (C=O) groups is 1. The molecule has 1 aliphatic heterocycles. The number of nitrogens with zero attached hydrogens (tertiary/aromatic N) is 2. The molecule has 3 rings (SSSR count). The van der Waals surface area contributed by atoms with Gasteiger partial charge >= 0.3 is 6.03 Å². The van der Waals surface area contributed by atoms with Crippen LogP contribution in [-0.4, -0.2) is 39.9 Å². The third-order valence-corrected chi connectivity index (χ3v) is 5.83. The van der Waals surface area contributed by atoms with Gasteiger partial charge in [0.25, 0.3) is 0 Å². The van der Waals surface area contributed by atoms with Crippen LogP contribution in [0.5, 0.6) is 0 Å². The summed E-state index contributed by atoms with van der Waals surface area (Å²) in [5.74, 6) is 1.92. The van der Waals surface area contributed by atoms with E-state index in [1.165, 1.54) is 11.5 Å². The maximum atomic E-state index is 12.4. The number of anilines is 1. The molecule has 1 aromatic heterocycles. The number of hydrogen-bond donors (Lipinski definition) is 1. The Kier molecular flexibility index (Phi) is 5.13. The highest BCUT2D eigenvalue weighted by Gasteiger charge is 2.22. The van der Waals surface area contributed by atoms with Crippen LogP contribution in [0.4, 0.5) is 10.5 Å². The lowest BCUT2D eigenvalue weighted by atomic mass is 10.2. The maximum Gasteiger partial charge on any atom is 0.322 e. The van der Waals surface area contributed by atoms with Crippen LogP contribution in [0.2, 0.25) is 10.2 Å². The fourth-order valence-electron chi connectivity index (χ4n) is 2.16. The lowest BCUT2D eigenvalue weighted by Gasteiger charge is -2.26. The highest BCUT2D eigenvalue weighted by molar-refractivity contribution is 7.99. The van der Waals surface area contributed by atoms with Crippen LogP contribution in [-0.2, 0) is 0 Å². The molecule has 0 bridgehead atoms. The molecule has 2 amide bonds. The lowest BCUT2D eigenvalue weighted by Crippen LogP contribution is -2.40. The standard InChI is InChI=1S/C14H13Cl2N3OS2/c15-10-4-2-1-3-9(10)12-11(13(16)18-22-12)17-14(20)19-5-7-21-8-6-19/h1-4H,5-8H2,(H,17,20). The SMILES string of the molecule is O=C(Nc1c(Cl)nsc1-c1ccccc1Cl)N1CCSCC1. The van der Waals surface area contributed by atoms with E-state index >= 15 is 0 Å². The van der Waals surface area contributed by atoms with E-state index in [1.54, 1.807) is 11.0 Å². The van der Waals surface area contributed by atoms with E-state index < -0.39 is 0 Å². The Balaban J connectivity index is 1.86. The van der Waals surface area contributed by atoms with Gasteiger partial charge in [-0.25, -0.2) is 4.79 Å². The van der Waals surface area contributed by atoms with Crippen molar-refractivity contribution in [2.75, 3.05) is 29.9 Å². The minimum absolute atomic E-state index is 0.143. The molecule has 2 heterocycles. The number of nitrogens with one attached hydrogen (secondary N) is 1. The van der Waals surface area contributed by atoms with Crippen LogP contribution in [0.1, 0.15) is 0 Å². The molecule has 4 nitrogen and oxygen atoms in total. The Bertz CT molecular complexity index is 686. The van der Waals surface area contributed by atoms with Crippen LogP contribution < -0.4 is 5.32 Å². The molecule has 1 saturated heterocycles. The summed E-state index contributed by atoms with van der Waals surface area (Å²) in [4.78, 5) is 14.9. The van der Waals surface area contributed by atoms with Gasteiger partial charge in [-0.15, -0.1) is 0 Å². The van der Waals surface area contributed by atoms with E-state index in [1.807, 2.05) is 30.0 Å². The summed E-state index contributed by atoms with van der Waals surface area (Å²) in [6.07, 6.45) is 0. The first-order chi connectivity index (χ1) is 10.7. The molecular weight excluding hydrogens is 361 g/mol. The van der Waals surface area contributed by atoms with Crippen LogP contribution in [0.15, 0.2) is 24.3 Å². The number of rotatable bonds is 2. The van der Waals surface area contributed by atoms with E-state index in [-0.39, 0.29) is 6.03 Å². The van der Waals surface area contributed by atoms with Crippen molar-refractivity contribution in [1.29, 1.82) is 0 Å². The predicted octanol–water partition coefficient (Wildman–Crippen LogP) is 4.70. The normalized spacial score (nSPS) is 14.9. The Labute approximate surface area is 147 Å². The molecule has 1 N–H and O–H groups in total. The second-order valence-corrected chi connectivity index (χ2v) is 7.45. The summed E-state index contributed by atoms with van der Waals surface area (Å²) in [5, 5.41) is 3.78. The molecule has 0 saturated carbocycles. The number of aromatic nitrogens is 1. The number of thioether (sulfide) groups is 1. The monoisotopic (exact) mass is 373 g/mol. The van der Waals surface area contributed by atoms with Crippen LogP contribution >= 0.6 is 46.5 Å². The number of benzene rings is 1. The topological polar surface area (TPSA) is 45.2 Å². The van der Waals surface area contributed by atoms with E-state index in [9.17, 15) is 4.79 Å².